The fourth-order valence-electron chi connectivity index (χ4n) is 3.11. The van der Waals surface area contributed by atoms with Gasteiger partial charge in [0, 0.05) is 6.04 Å². The molecule has 0 aliphatic heterocycles. The molecule has 19 heavy (non-hydrogen) atoms. The average molecular weight is 261 g/mol. The Hall–Kier alpha value is -1.02. The van der Waals surface area contributed by atoms with Gasteiger partial charge in [0.25, 0.3) is 0 Å². The van der Waals surface area contributed by atoms with Gasteiger partial charge in [0.1, 0.15) is 12.4 Å². The van der Waals surface area contributed by atoms with Gasteiger partial charge in [-0.05, 0) is 49.8 Å². The van der Waals surface area contributed by atoms with Gasteiger partial charge >= 0.3 is 0 Å². The van der Waals surface area contributed by atoms with E-state index < -0.39 is 0 Å². The molecule has 2 rings (SSSR count). The van der Waals surface area contributed by atoms with Crippen LogP contribution in [0, 0.1) is 17.8 Å². The first-order valence-electron chi connectivity index (χ1n) is 7.55. The van der Waals surface area contributed by atoms with Crippen molar-refractivity contribution in [3.8, 4) is 5.75 Å². The summed E-state index contributed by atoms with van der Waals surface area (Å²) in [7, 11) is 2.06. The first kappa shape index (κ1) is 14.4. The van der Waals surface area contributed by atoms with E-state index in [1.165, 1.54) is 19.3 Å². The summed E-state index contributed by atoms with van der Waals surface area (Å²) in [6.07, 6.45) is 4.01. The lowest BCUT2D eigenvalue weighted by atomic mass is 9.73. The number of para-hydroxylation sites is 1. The molecule has 106 valence electrons. The lowest BCUT2D eigenvalue weighted by molar-refractivity contribution is 0.140. The predicted molar refractivity (Wildman–Crippen MR) is 80.5 cm³/mol. The van der Waals surface area contributed by atoms with Crippen molar-refractivity contribution in [1.82, 2.24) is 5.32 Å². The predicted octanol–water partition coefficient (Wildman–Crippen LogP) is 3.73. The standard InChI is InChI=1S/C17H27NO/c1-13-9-10-15(11-14(13)2)17(18-3)12-19-16-7-5-4-6-8-16/h4-8,13-15,17-18H,9-12H2,1-3H3. The molecule has 1 N–H and O–H groups in total. The SMILES string of the molecule is CNC(COc1ccccc1)C1CCC(C)C(C)C1. The number of hydrogen-bond donors (Lipinski definition) is 1. The second-order valence-electron chi connectivity index (χ2n) is 6.05. The second kappa shape index (κ2) is 6.95. The van der Waals surface area contributed by atoms with Crippen molar-refractivity contribution in [2.75, 3.05) is 13.7 Å². The summed E-state index contributed by atoms with van der Waals surface area (Å²) in [4.78, 5) is 0. The van der Waals surface area contributed by atoms with Crippen LogP contribution >= 0.6 is 0 Å². The summed E-state index contributed by atoms with van der Waals surface area (Å²) < 4.78 is 5.91. The second-order valence-corrected chi connectivity index (χ2v) is 6.05. The topological polar surface area (TPSA) is 21.3 Å². The molecule has 0 aromatic heterocycles. The summed E-state index contributed by atoms with van der Waals surface area (Å²) in [5, 5.41) is 3.45. The van der Waals surface area contributed by atoms with Crippen LogP contribution in [0.15, 0.2) is 30.3 Å². The Morgan fingerprint density at radius 1 is 1.16 bits per heavy atom. The average Bonchev–Trinajstić information content (AvgIpc) is 2.44. The van der Waals surface area contributed by atoms with E-state index in [4.69, 9.17) is 4.74 Å². The highest BCUT2D eigenvalue weighted by Gasteiger charge is 2.29. The Kier molecular flexibility index (Phi) is 5.26. The third-order valence-electron chi connectivity index (χ3n) is 4.75. The van der Waals surface area contributed by atoms with Crippen LogP contribution in [-0.4, -0.2) is 19.7 Å². The number of likely N-dealkylation sites (N-methyl/N-ethyl adjacent to an activating group) is 1. The van der Waals surface area contributed by atoms with Gasteiger partial charge in [0.05, 0.1) is 0 Å². The maximum absolute atomic E-state index is 5.91. The van der Waals surface area contributed by atoms with Crippen LogP contribution < -0.4 is 10.1 Å². The van der Waals surface area contributed by atoms with Gasteiger partial charge in [0.2, 0.25) is 0 Å². The van der Waals surface area contributed by atoms with Crippen molar-refractivity contribution in [1.29, 1.82) is 0 Å². The van der Waals surface area contributed by atoms with E-state index in [9.17, 15) is 0 Å². The Bertz CT molecular complexity index is 365. The molecule has 4 atom stereocenters. The minimum Gasteiger partial charge on any atom is -0.492 e. The molecule has 1 aromatic rings. The number of benzene rings is 1. The van der Waals surface area contributed by atoms with Crippen LogP contribution in [0.4, 0.5) is 0 Å². The molecule has 1 aliphatic carbocycles. The Balaban J connectivity index is 1.86. The quantitative estimate of drug-likeness (QED) is 0.872. The van der Waals surface area contributed by atoms with Gasteiger partial charge < -0.3 is 10.1 Å². The fourth-order valence-corrected chi connectivity index (χ4v) is 3.11. The van der Waals surface area contributed by atoms with Gasteiger partial charge in [-0.15, -0.1) is 0 Å². The zero-order chi connectivity index (χ0) is 13.7. The largest absolute Gasteiger partial charge is 0.492 e. The van der Waals surface area contributed by atoms with Crippen LogP contribution in [0.3, 0.4) is 0 Å². The summed E-state index contributed by atoms with van der Waals surface area (Å²) in [6, 6.07) is 10.6. The first-order valence-corrected chi connectivity index (χ1v) is 7.55. The molecule has 0 saturated heterocycles. The third-order valence-corrected chi connectivity index (χ3v) is 4.75. The van der Waals surface area contributed by atoms with Crippen molar-refractivity contribution in [3.05, 3.63) is 30.3 Å². The minimum absolute atomic E-state index is 0.468. The van der Waals surface area contributed by atoms with E-state index >= 15 is 0 Å². The van der Waals surface area contributed by atoms with Crippen molar-refractivity contribution >= 4 is 0 Å². The molecule has 0 heterocycles. The van der Waals surface area contributed by atoms with Crippen LogP contribution in [0.2, 0.25) is 0 Å². The lowest BCUT2D eigenvalue weighted by Crippen LogP contribution is -2.41. The van der Waals surface area contributed by atoms with Crippen molar-refractivity contribution in [2.45, 2.75) is 39.2 Å². The molecule has 2 nitrogen and oxygen atoms in total. The molecule has 0 radical (unpaired) electrons. The zero-order valence-electron chi connectivity index (χ0n) is 12.4. The Morgan fingerprint density at radius 3 is 2.53 bits per heavy atom. The maximum atomic E-state index is 5.91. The van der Waals surface area contributed by atoms with E-state index in [0.717, 1.165) is 30.1 Å². The molecule has 0 spiro atoms. The molecular weight excluding hydrogens is 234 g/mol. The molecule has 2 heteroatoms. The highest BCUT2D eigenvalue weighted by molar-refractivity contribution is 5.20. The van der Waals surface area contributed by atoms with E-state index in [2.05, 4.69) is 26.2 Å². The smallest absolute Gasteiger partial charge is 0.119 e. The number of rotatable bonds is 5. The molecule has 0 amide bonds. The third kappa shape index (κ3) is 3.97. The Labute approximate surface area is 117 Å². The highest BCUT2D eigenvalue weighted by atomic mass is 16.5. The van der Waals surface area contributed by atoms with Crippen LogP contribution in [0.1, 0.15) is 33.1 Å². The van der Waals surface area contributed by atoms with E-state index in [1.807, 2.05) is 30.3 Å². The maximum Gasteiger partial charge on any atom is 0.119 e. The monoisotopic (exact) mass is 261 g/mol. The van der Waals surface area contributed by atoms with Gasteiger partial charge in [-0.25, -0.2) is 0 Å². The molecule has 4 unspecified atom stereocenters. The molecule has 1 aromatic carbocycles. The summed E-state index contributed by atoms with van der Waals surface area (Å²) >= 11 is 0. The minimum atomic E-state index is 0.468. The van der Waals surface area contributed by atoms with Crippen molar-refractivity contribution in [2.24, 2.45) is 17.8 Å². The van der Waals surface area contributed by atoms with Gasteiger partial charge in [0.15, 0.2) is 0 Å². The fraction of sp³-hybridized carbons (Fsp3) is 0.647. The lowest BCUT2D eigenvalue weighted by Gasteiger charge is -2.36. The zero-order valence-corrected chi connectivity index (χ0v) is 12.4. The molecular formula is C17H27NO. The van der Waals surface area contributed by atoms with Crippen molar-refractivity contribution < 1.29 is 4.74 Å². The number of nitrogens with one attached hydrogen (secondary N) is 1. The van der Waals surface area contributed by atoms with Gasteiger partial charge in [-0.1, -0.05) is 38.5 Å². The molecule has 0 bridgehead atoms. The highest BCUT2D eigenvalue weighted by Crippen LogP contribution is 2.35. The normalized spacial score (nSPS) is 28.9. The van der Waals surface area contributed by atoms with Crippen LogP contribution in [0.5, 0.6) is 5.75 Å². The number of ether oxygens (including phenoxy) is 1. The van der Waals surface area contributed by atoms with Gasteiger partial charge in [-0.2, -0.15) is 0 Å². The molecule has 1 saturated carbocycles. The Morgan fingerprint density at radius 2 is 1.89 bits per heavy atom. The van der Waals surface area contributed by atoms with Crippen LogP contribution in [0.25, 0.3) is 0 Å². The summed E-state index contributed by atoms with van der Waals surface area (Å²) in [5.74, 6) is 3.44. The van der Waals surface area contributed by atoms with E-state index in [-0.39, 0.29) is 0 Å². The summed E-state index contributed by atoms with van der Waals surface area (Å²) in [5.41, 5.74) is 0. The van der Waals surface area contributed by atoms with E-state index in [1.54, 1.807) is 0 Å². The molecule has 1 fully saturated rings. The first-order chi connectivity index (χ1) is 9.20. The van der Waals surface area contributed by atoms with Gasteiger partial charge in [-0.3, -0.25) is 0 Å². The van der Waals surface area contributed by atoms with Crippen molar-refractivity contribution in [3.63, 3.8) is 0 Å². The van der Waals surface area contributed by atoms with Crippen LogP contribution in [-0.2, 0) is 0 Å². The number of hydrogen-bond acceptors (Lipinski definition) is 2. The summed E-state index contributed by atoms with van der Waals surface area (Å²) in [6.45, 7) is 5.55. The van der Waals surface area contributed by atoms with E-state index in [0.29, 0.717) is 6.04 Å². The molecule has 1 aliphatic rings.